The van der Waals surface area contributed by atoms with Gasteiger partial charge in [-0.05, 0) is 24.3 Å². The smallest absolute Gasteiger partial charge is 0.181 e. The third-order valence-electron chi connectivity index (χ3n) is 2.69. The van der Waals surface area contributed by atoms with E-state index in [4.69, 9.17) is 10.5 Å². The summed E-state index contributed by atoms with van der Waals surface area (Å²) >= 11 is 0. The monoisotopic (exact) mass is 240 g/mol. The van der Waals surface area contributed by atoms with E-state index in [1.54, 1.807) is 36.0 Å². The molecule has 0 unspecified atom stereocenters. The number of nitrogens with zero attached hydrogens (tertiary/aromatic N) is 3. The van der Waals surface area contributed by atoms with Gasteiger partial charge in [0.15, 0.2) is 6.19 Å². The molecule has 2 rings (SSSR count). The molecule has 0 amide bonds. The van der Waals surface area contributed by atoms with E-state index in [1.807, 2.05) is 6.07 Å². The van der Waals surface area contributed by atoms with E-state index in [9.17, 15) is 4.39 Å². The zero-order valence-electron chi connectivity index (χ0n) is 9.61. The van der Waals surface area contributed by atoms with Crippen molar-refractivity contribution in [2.45, 2.75) is 0 Å². The minimum atomic E-state index is -0.506. The van der Waals surface area contributed by atoms with Crippen molar-refractivity contribution < 1.29 is 4.39 Å². The number of nitrogens with one attached hydrogen (secondary N) is 1. The first kappa shape index (κ1) is 11.7. The molecule has 0 aliphatic heterocycles. The van der Waals surface area contributed by atoms with Crippen molar-refractivity contribution >= 4 is 5.69 Å². The first-order chi connectivity index (χ1) is 8.67. The molecule has 0 spiro atoms. The minimum Gasteiger partial charge on any atom is -0.335 e. The Balaban J connectivity index is 2.47. The van der Waals surface area contributed by atoms with Crippen molar-refractivity contribution in [2.75, 3.05) is 5.32 Å². The van der Waals surface area contributed by atoms with E-state index in [0.29, 0.717) is 11.3 Å². The summed E-state index contributed by atoms with van der Waals surface area (Å²) in [5.41, 5.74) is 2.04. The van der Waals surface area contributed by atoms with E-state index < -0.39 is 5.82 Å². The molecule has 0 radical (unpaired) electrons. The number of nitriles is 2. The highest BCUT2D eigenvalue weighted by molar-refractivity contribution is 5.65. The highest BCUT2D eigenvalue weighted by Crippen LogP contribution is 2.25. The number of rotatable bonds is 2. The number of aromatic nitrogens is 1. The maximum absolute atomic E-state index is 13.7. The Labute approximate surface area is 104 Å². The minimum absolute atomic E-state index is 0.135. The lowest BCUT2D eigenvalue weighted by molar-refractivity contribution is 0.632. The van der Waals surface area contributed by atoms with E-state index >= 15 is 0 Å². The quantitative estimate of drug-likeness (QED) is 0.648. The molecular formula is C13H9FN4. The maximum Gasteiger partial charge on any atom is 0.181 e. The van der Waals surface area contributed by atoms with Crippen LogP contribution in [0.5, 0.6) is 0 Å². The van der Waals surface area contributed by atoms with Crippen LogP contribution in [0.15, 0.2) is 30.3 Å². The van der Waals surface area contributed by atoms with Crippen LogP contribution in [-0.2, 0) is 7.05 Å². The third-order valence-corrected chi connectivity index (χ3v) is 2.69. The van der Waals surface area contributed by atoms with Gasteiger partial charge in [-0.25, -0.2) is 4.39 Å². The van der Waals surface area contributed by atoms with Crippen LogP contribution in [-0.4, -0.2) is 4.57 Å². The second-order valence-electron chi connectivity index (χ2n) is 3.71. The average molecular weight is 240 g/mol. The summed E-state index contributed by atoms with van der Waals surface area (Å²) in [5.74, 6) is -0.506. The van der Waals surface area contributed by atoms with Gasteiger partial charge in [0.2, 0.25) is 0 Å². The van der Waals surface area contributed by atoms with Gasteiger partial charge in [-0.3, -0.25) is 5.32 Å². The summed E-state index contributed by atoms with van der Waals surface area (Å²) in [4.78, 5) is 0. The molecule has 0 bridgehead atoms. The molecule has 4 nitrogen and oxygen atoms in total. The maximum atomic E-state index is 13.7. The number of benzene rings is 1. The first-order valence-electron chi connectivity index (χ1n) is 5.18. The molecule has 5 heteroatoms. The fraction of sp³-hybridized carbons (Fsp3) is 0.0769. The second kappa shape index (κ2) is 4.60. The predicted molar refractivity (Wildman–Crippen MR) is 64.8 cm³/mol. The molecule has 88 valence electrons. The van der Waals surface area contributed by atoms with Crippen molar-refractivity contribution in [1.29, 1.82) is 10.5 Å². The lowest BCUT2D eigenvalue weighted by atomic mass is 10.1. The number of hydrogen-bond acceptors (Lipinski definition) is 3. The van der Waals surface area contributed by atoms with E-state index in [0.717, 1.165) is 5.69 Å². The lowest BCUT2D eigenvalue weighted by Crippen LogP contribution is -1.96. The SMILES string of the molecule is Cn1c(C#N)ccc1-c1ccc(NC#N)c(F)c1. The Hall–Kier alpha value is -2.79. The van der Waals surface area contributed by atoms with Gasteiger partial charge in [-0.15, -0.1) is 0 Å². The molecule has 0 aliphatic rings. The molecule has 0 saturated carbocycles. The van der Waals surface area contributed by atoms with Crippen LogP contribution in [0.1, 0.15) is 5.69 Å². The molecule has 18 heavy (non-hydrogen) atoms. The molecule has 1 heterocycles. The van der Waals surface area contributed by atoms with Crippen LogP contribution in [0.4, 0.5) is 10.1 Å². The summed E-state index contributed by atoms with van der Waals surface area (Å²) in [6, 6.07) is 9.99. The van der Waals surface area contributed by atoms with Gasteiger partial charge < -0.3 is 4.57 Å². The van der Waals surface area contributed by atoms with Gasteiger partial charge >= 0.3 is 0 Å². The Morgan fingerprint density at radius 3 is 2.56 bits per heavy atom. The largest absolute Gasteiger partial charge is 0.335 e. The summed E-state index contributed by atoms with van der Waals surface area (Å²) in [6.45, 7) is 0. The molecule has 0 aliphatic carbocycles. The summed E-state index contributed by atoms with van der Waals surface area (Å²) in [5, 5.41) is 19.6. The Morgan fingerprint density at radius 2 is 2.00 bits per heavy atom. The molecule has 1 aromatic carbocycles. The standard InChI is InChI=1S/C13H9FN4/c1-18-10(7-15)3-5-13(18)9-2-4-12(17-8-16)11(14)6-9/h2-6,17H,1H3. The lowest BCUT2D eigenvalue weighted by Gasteiger charge is -2.06. The molecule has 0 saturated heterocycles. The highest BCUT2D eigenvalue weighted by Gasteiger charge is 2.09. The first-order valence-corrected chi connectivity index (χ1v) is 5.18. The van der Waals surface area contributed by atoms with Gasteiger partial charge in [0.25, 0.3) is 0 Å². The fourth-order valence-electron chi connectivity index (χ4n) is 1.75. The molecule has 0 fully saturated rings. The Bertz CT molecular complexity index is 673. The zero-order chi connectivity index (χ0) is 13.1. The van der Waals surface area contributed by atoms with Gasteiger partial charge in [0, 0.05) is 18.3 Å². The Kier molecular flexibility index (Phi) is 2.99. The average Bonchev–Trinajstić information content (AvgIpc) is 2.73. The number of anilines is 1. The van der Waals surface area contributed by atoms with Gasteiger partial charge in [-0.1, -0.05) is 6.07 Å². The molecule has 1 aromatic heterocycles. The van der Waals surface area contributed by atoms with Crippen molar-refractivity contribution in [3.63, 3.8) is 0 Å². The molecule has 0 atom stereocenters. The van der Waals surface area contributed by atoms with Crippen molar-refractivity contribution in [3.05, 3.63) is 41.8 Å². The van der Waals surface area contributed by atoms with Crippen LogP contribution < -0.4 is 5.32 Å². The fourth-order valence-corrected chi connectivity index (χ4v) is 1.75. The summed E-state index contributed by atoms with van der Waals surface area (Å²) in [6.07, 6.45) is 1.67. The number of halogens is 1. The van der Waals surface area contributed by atoms with Crippen LogP contribution in [0.3, 0.4) is 0 Å². The zero-order valence-corrected chi connectivity index (χ0v) is 9.61. The Morgan fingerprint density at radius 1 is 1.22 bits per heavy atom. The van der Waals surface area contributed by atoms with Crippen molar-refractivity contribution in [1.82, 2.24) is 4.57 Å². The summed E-state index contributed by atoms with van der Waals surface area (Å²) < 4.78 is 15.3. The van der Waals surface area contributed by atoms with Gasteiger partial charge in [0.05, 0.1) is 5.69 Å². The van der Waals surface area contributed by atoms with Crippen LogP contribution in [0, 0.1) is 28.6 Å². The number of hydrogen-bond donors (Lipinski definition) is 1. The normalized spacial score (nSPS) is 9.56. The summed E-state index contributed by atoms with van der Waals surface area (Å²) in [7, 11) is 1.74. The third kappa shape index (κ3) is 1.90. The van der Waals surface area contributed by atoms with E-state index in [-0.39, 0.29) is 5.69 Å². The van der Waals surface area contributed by atoms with Crippen LogP contribution >= 0.6 is 0 Å². The van der Waals surface area contributed by atoms with E-state index in [1.165, 1.54) is 12.1 Å². The molecule has 1 N–H and O–H groups in total. The van der Waals surface area contributed by atoms with Gasteiger partial charge in [-0.2, -0.15) is 10.5 Å². The predicted octanol–water partition coefficient (Wildman–Crippen LogP) is 2.60. The van der Waals surface area contributed by atoms with Crippen molar-refractivity contribution in [2.24, 2.45) is 7.05 Å². The molecular weight excluding hydrogens is 231 g/mol. The topological polar surface area (TPSA) is 64.5 Å². The van der Waals surface area contributed by atoms with Crippen LogP contribution in [0.2, 0.25) is 0 Å². The van der Waals surface area contributed by atoms with Crippen molar-refractivity contribution in [3.8, 4) is 23.5 Å². The second-order valence-corrected chi connectivity index (χ2v) is 3.71. The van der Waals surface area contributed by atoms with Crippen LogP contribution in [0.25, 0.3) is 11.3 Å². The van der Waals surface area contributed by atoms with Gasteiger partial charge in [0.1, 0.15) is 17.6 Å². The highest BCUT2D eigenvalue weighted by atomic mass is 19.1. The molecule has 2 aromatic rings. The van der Waals surface area contributed by atoms with E-state index in [2.05, 4.69) is 5.32 Å².